The molecule has 0 saturated heterocycles. The normalized spacial score (nSPS) is 16.4. The second-order valence-electron chi connectivity index (χ2n) is 6.35. The van der Waals surface area contributed by atoms with E-state index in [4.69, 9.17) is 0 Å². The molecule has 114 valence electrons. The third-order valence-electron chi connectivity index (χ3n) is 4.66. The number of fused-ring (bicyclic) bond motifs is 1. The van der Waals surface area contributed by atoms with E-state index in [0.717, 1.165) is 12.8 Å². The van der Waals surface area contributed by atoms with Crippen LogP contribution in [0, 0.1) is 13.8 Å². The lowest BCUT2D eigenvalue weighted by Crippen LogP contribution is -2.24. The molecule has 0 spiro atoms. The highest BCUT2D eigenvalue weighted by Gasteiger charge is 2.23. The van der Waals surface area contributed by atoms with Crippen LogP contribution in [0.15, 0.2) is 42.5 Å². The van der Waals surface area contributed by atoms with Gasteiger partial charge in [0.15, 0.2) is 0 Å². The highest BCUT2D eigenvalue weighted by molar-refractivity contribution is 5.77. The fourth-order valence-corrected chi connectivity index (χ4v) is 3.39. The molecular weight excluding hydrogens is 270 g/mol. The van der Waals surface area contributed by atoms with Crippen molar-refractivity contribution in [1.29, 1.82) is 0 Å². The number of hydrogen-bond donors (Lipinski definition) is 1. The number of carbonyl (C=O) groups excluding carboxylic acids is 1. The largest absolute Gasteiger partial charge is 0.352 e. The fraction of sp³-hybridized carbons (Fsp3) is 0.350. The molecule has 3 rings (SSSR count). The first-order valence-electron chi connectivity index (χ1n) is 8.04. The van der Waals surface area contributed by atoms with E-state index in [1.807, 2.05) is 0 Å². The fourth-order valence-electron chi connectivity index (χ4n) is 3.39. The Kier molecular flexibility index (Phi) is 4.28. The van der Waals surface area contributed by atoms with Crippen molar-refractivity contribution < 1.29 is 4.79 Å². The summed E-state index contributed by atoms with van der Waals surface area (Å²) in [5.41, 5.74) is 6.48. The smallest absolute Gasteiger partial charge is 0.220 e. The third kappa shape index (κ3) is 3.22. The van der Waals surface area contributed by atoms with E-state index in [9.17, 15) is 4.79 Å². The summed E-state index contributed by atoms with van der Waals surface area (Å²) >= 11 is 0. The number of nitrogens with one attached hydrogen (secondary N) is 1. The van der Waals surface area contributed by atoms with Gasteiger partial charge >= 0.3 is 0 Å². The Labute approximate surface area is 132 Å². The number of benzene rings is 2. The molecule has 0 heterocycles. The van der Waals surface area contributed by atoms with Crippen molar-refractivity contribution in [1.82, 2.24) is 5.32 Å². The van der Waals surface area contributed by atoms with Gasteiger partial charge in [-0.1, -0.05) is 48.0 Å². The summed E-state index contributed by atoms with van der Waals surface area (Å²) in [5, 5.41) is 3.08. The van der Waals surface area contributed by atoms with Gasteiger partial charge in [0.1, 0.15) is 0 Å². The van der Waals surface area contributed by atoms with Crippen LogP contribution in [0.3, 0.4) is 0 Å². The highest BCUT2D eigenvalue weighted by atomic mass is 16.1. The Morgan fingerprint density at radius 2 is 2.00 bits per heavy atom. The number of amides is 1. The molecule has 2 aromatic rings. The molecule has 2 aromatic carbocycles. The molecule has 0 aliphatic heterocycles. The van der Waals surface area contributed by atoms with E-state index in [-0.39, 0.29) is 5.91 Å². The van der Waals surface area contributed by atoms with Gasteiger partial charge < -0.3 is 5.32 Å². The van der Waals surface area contributed by atoms with Crippen LogP contribution < -0.4 is 5.32 Å². The molecule has 2 heteroatoms. The summed E-state index contributed by atoms with van der Waals surface area (Å²) in [4.78, 5) is 12.2. The Morgan fingerprint density at radius 1 is 1.18 bits per heavy atom. The lowest BCUT2D eigenvalue weighted by atomic mass is 9.97. The van der Waals surface area contributed by atoms with Gasteiger partial charge in [-0.2, -0.15) is 0 Å². The molecule has 0 radical (unpaired) electrons. The van der Waals surface area contributed by atoms with Crippen molar-refractivity contribution in [3.63, 3.8) is 0 Å². The maximum absolute atomic E-state index is 12.2. The number of hydrogen-bond acceptors (Lipinski definition) is 1. The first-order chi connectivity index (χ1) is 10.6. The van der Waals surface area contributed by atoms with Gasteiger partial charge in [-0.05, 0) is 54.9 Å². The predicted molar refractivity (Wildman–Crippen MR) is 89.9 cm³/mol. The minimum atomic E-state index is 0.154. The van der Waals surface area contributed by atoms with Crippen LogP contribution in [0.25, 0.3) is 0 Å². The predicted octanol–water partition coefficient (Wildman–Crippen LogP) is 4.04. The van der Waals surface area contributed by atoms with Crippen molar-refractivity contribution in [2.75, 3.05) is 0 Å². The van der Waals surface area contributed by atoms with Crippen molar-refractivity contribution >= 4 is 5.91 Å². The Balaban J connectivity index is 1.57. The van der Waals surface area contributed by atoms with E-state index >= 15 is 0 Å². The van der Waals surface area contributed by atoms with Crippen LogP contribution in [0.2, 0.25) is 0 Å². The van der Waals surface area contributed by atoms with Gasteiger partial charge in [-0.3, -0.25) is 4.79 Å². The van der Waals surface area contributed by atoms with Crippen molar-refractivity contribution in [3.8, 4) is 0 Å². The quantitative estimate of drug-likeness (QED) is 0.905. The van der Waals surface area contributed by atoms with Crippen molar-refractivity contribution in [2.45, 2.75) is 45.6 Å². The number of aryl methyl sites for hydroxylation is 3. The van der Waals surface area contributed by atoms with E-state index < -0.39 is 0 Å². The molecule has 1 N–H and O–H groups in total. The molecule has 1 atom stereocenters. The Morgan fingerprint density at radius 3 is 2.82 bits per heavy atom. The van der Waals surface area contributed by atoms with Gasteiger partial charge in [-0.25, -0.2) is 0 Å². The van der Waals surface area contributed by atoms with Crippen LogP contribution in [-0.2, 0) is 17.8 Å². The summed E-state index contributed by atoms with van der Waals surface area (Å²) in [5.74, 6) is 0.539. The van der Waals surface area contributed by atoms with Gasteiger partial charge in [0.05, 0.1) is 0 Å². The molecule has 0 fully saturated rings. The molecule has 1 amide bonds. The van der Waals surface area contributed by atoms with Crippen molar-refractivity contribution in [3.05, 3.63) is 70.3 Å². The molecule has 1 aliphatic rings. The monoisotopic (exact) mass is 293 g/mol. The minimum Gasteiger partial charge on any atom is -0.352 e. The van der Waals surface area contributed by atoms with Gasteiger partial charge in [0, 0.05) is 13.0 Å². The van der Waals surface area contributed by atoms with E-state index in [2.05, 4.69) is 61.6 Å². The molecule has 1 aliphatic carbocycles. The maximum atomic E-state index is 12.2. The Hall–Kier alpha value is -2.09. The lowest BCUT2D eigenvalue weighted by molar-refractivity contribution is -0.121. The Bertz CT molecular complexity index is 690. The summed E-state index contributed by atoms with van der Waals surface area (Å²) in [6.07, 6.45) is 2.80. The molecule has 0 saturated carbocycles. The van der Waals surface area contributed by atoms with Crippen LogP contribution >= 0.6 is 0 Å². The minimum absolute atomic E-state index is 0.154. The van der Waals surface area contributed by atoms with Crippen LogP contribution in [0.4, 0.5) is 0 Å². The van der Waals surface area contributed by atoms with Crippen LogP contribution in [-0.4, -0.2) is 5.91 Å². The topological polar surface area (TPSA) is 29.1 Å². The molecule has 22 heavy (non-hydrogen) atoms. The van der Waals surface area contributed by atoms with Crippen LogP contribution in [0.5, 0.6) is 0 Å². The summed E-state index contributed by atoms with van der Waals surface area (Å²) < 4.78 is 0. The van der Waals surface area contributed by atoms with Gasteiger partial charge in [0.2, 0.25) is 5.91 Å². The van der Waals surface area contributed by atoms with E-state index in [1.54, 1.807) is 0 Å². The SMILES string of the molecule is Cc1ccc(CNC(=O)CC2CCc3ccccc32)c(C)c1. The molecule has 2 nitrogen and oxygen atoms in total. The second kappa shape index (κ2) is 6.35. The third-order valence-corrected chi connectivity index (χ3v) is 4.66. The average molecular weight is 293 g/mol. The van der Waals surface area contributed by atoms with Crippen molar-refractivity contribution in [2.24, 2.45) is 0 Å². The zero-order valence-electron chi connectivity index (χ0n) is 13.4. The first-order valence-corrected chi connectivity index (χ1v) is 8.04. The molecule has 1 unspecified atom stereocenters. The summed E-state index contributed by atoms with van der Waals surface area (Å²) in [6, 6.07) is 14.9. The second-order valence-corrected chi connectivity index (χ2v) is 6.35. The molecule has 0 bridgehead atoms. The summed E-state index contributed by atoms with van der Waals surface area (Å²) in [7, 11) is 0. The standard InChI is InChI=1S/C20H23NO/c1-14-7-8-18(15(2)11-14)13-21-20(22)12-17-10-9-16-5-3-4-6-19(16)17/h3-8,11,17H,9-10,12-13H2,1-2H3,(H,21,22). The highest BCUT2D eigenvalue weighted by Crippen LogP contribution is 2.35. The first kappa shape index (κ1) is 14.8. The zero-order valence-corrected chi connectivity index (χ0v) is 13.4. The summed E-state index contributed by atoms with van der Waals surface area (Å²) in [6.45, 7) is 4.81. The number of rotatable bonds is 4. The van der Waals surface area contributed by atoms with E-state index in [0.29, 0.717) is 18.9 Å². The van der Waals surface area contributed by atoms with Gasteiger partial charge in [-0.15, -0.1) is 0 Å². The van der Waals surface area contributed by atoms with Gasteiger partial charge in [0.25, 0.3) is 0 Å². The molecular formula is C20H23NO. The number of carbonyl (C=O) groups is 1. The lowest BCUT2D eigenvalue weighted by Gasteiger charge is -2.13. The molecule has 0 aromatic heterocycles. The van der Waals surface area contributed by atoms with E-state index in [1.165, 1.54) is 27.8 Å². The van der Waals surface area contributed by atoms with Crippen LogP contribution in [0.1, 0.15) is 46.6 Å². The maximum Gasteiger partial charge on any atom is 0.220 e. The zero-order chi connectivity index (χ0) is 15.5. The average Bonchev–Trinajstić information content (AvgIpc) is 2.90.